The van der Waals surface area contributed by atoms with Crippen LogP contribution in [-0.2, 0) is 6.37 Å². The van der Waals surface area contributed by atoms with Gasteiger partial charge in [-0.15, -0.1) is 0 Å². The molecule has 0 amide bonds. The molecular weight excluding hydrogens is 344 g/mol. The van der Waals surface area contributed by atoms with Gasteiger partial charge < -0.3 is 4.42 Å². The first-order valence-electron chi connectivity index (χ1n) is 12.8. The first-order valence-corrected chi connectivity index (χ1v) is 8.77. The van der Waals surface area contributed by atoms with Gasteiger partial charge in [0.2, 0.25) is 5.71 Å². The van der Waals surface area contributed by atoms with E-state index in [9.17, 15) is 0 Å². The molecule has 0 N–H and O–H groups in total. The Labute approximate surface area is 174 Å². The van der Waals surface area contributed by atoms with Crippen molar-refractivity contribution in [2.75, 3.05) is 0 Å². The molecule has 0 aliphatic rings. The molecule has 5 aromatic rings. The molecule has 5 rings (SSSR count). The average molecular weight is 372 g/mol. The minimum absolute atomic E-state index is 0.187. The van der Waals surface area contributed by atoms with E-state index in [0.29, 0.717) is 27.5 Å². The molecule has 0 saturated heterocycles. The van der Waals surface area contributed by atoms with E-state index >= 15 is 0 Å². The number of aryl methyl sites for hydroxylation is 2. The van der Waals surface area contributed by atoms with Crippen LogP contribution in [0.2, 0.25) is 0 Å². The van der Waals surface area contributed by atoms with E-state index in [1.54, 1.807) is 48.5 Å². The van der Waals surface area contributed by atoms with Crippen molar-refractivity contribution in [2.45, 2.75) is 20.1 Å². The fourth-order valence-corrected chi connectivity index (χ4v) is 3.22. The van der Waals surface area contributed by atoms with Crippen LogP contribution < -0.4 is 0 Å². The summed E-state index contributed by atoms with van der Waals surface area (Å²) >= 11 is 0. The summed E-state index contributed by atoms with van der Waals surface area (Å²) in [6.45, 7) is -5.28. The number of pyridine rings is 2. The van der Waals surface area contributed by atoms with Gasteiger partial charge in [0.1, 0.15) is 5.58 Å². The maximum atomic E-state index is 8.60. The highest BCUT2D eigenvalue weighted by Gasteiger charge is 2.14. The Morgan fingerprint density at radius 1 is 0.929 bits per heavy atom. The Morgan fingerprint density at radius 3 is 2.68 bits per heavy atom. The summed E-state index contributed by atoms with van der Waals surface area (Å²) in [5.74, 6) is 0. The molecule has 0 aliphatic heterocycles. The summed E-state index contributed by atoms with van der Waals surface area (Å²) in [5, 5.41) is 1.36. The fourth-order valence-electron chi connectivity index (χ4n) is 3.22. The highest BCUT2D eigenvalue weighted by Crippen LogP contribution is 2.35. The molecule has 0 bridgehead atoms. The molecule has 136 valence electrons. The number of hydrogen-bond donors (Lipinski definition) is 0. The fraction of sp³-hybridized carbons (Fsp3) is 0.120. The Morgan fingerprint density at radius 2 is 1.82 bits per heavy atom. The smallest absolute Gasteiger partial charge is 0.227 e. The number of fused-ring (bicyclic) bond motifs is 3. The van der Waals surface area contributed by atoms with Crippen molar-refractivity contribution < 1.29 is 15.4 Å². The molecular formula is C25H20N2O. The number of para-hydroxylation sites is 1. The lowest BCUT2D eigenvalue weighted by atomic mass is 10.0. The van der Waals surface area contributed by atoms with E-state index in [1.807, 2.05) is 12.1 Å². The molecule has 3 aromatic heterocycles. The van der Waals surface area contributed by atoms with Crippen molar-refractivity contribution in [3.63, 3.8) is 0 Å². The Hall–Kier alpha value is -3.46. The van der Waals surface area contributed by atoms with Gasteiger partial charge in [0.25, 0.3) is 0 Å². The minimum atomic E-state index is -2.65. The number of furan rings is 1. The zero-order valence-electron chi connectivity index (χ0n) is 22.7. The van der Waals surface area contributed by atoms with E-state index in [0.717, 1.165) is 6.20 Å². The van der Waals surface area contributed by atoms with Crippen LogP contribution in [0.15, 0.2) is 77.3 Å². The minimum Gasteiger partial charge on any atom is -0.437 e. The lowest BCUT2D eigenvalue weighted by Gasteiger charge is -2.05. The highest BCUT2D eigenvalue weighted by molar-refractivity contribution is 6.08. The topological polar surface area (TPSA) is 38.9 Å². The van der Waals surface area contributed by atoms with E-state index in [-0.39, 0.29) is 28.2 Å². The number of benzene rings is 2. The lowest BCUT2D eigenvalue weighted by Crippen LogP contribution is -1.91. The van der Waals surface area contributed by atoms with Crippen molar-refractivity contribution >= 4 is 22.1 Å². The van der Waals surface area contributed by atoms with Gasteiger partial charge in [-0.25, -0.2) is 4.98 Å². The van der Waals surface area contributed by atoms with Gasteiger partial charge in [0.05, 0.1) is 5.69 Å². The monoisotopic (exact) mass is 372 g/mol. The summed E-state index contributed by atoms with van der Waals surface area (Å²) in [6, 6.07) is 18.6. The van der Waals surface area contributed by atoms with Crippen molar-refractivity contribution in [3.8, 4) is 11.3 Å². The lowest BCUT2D eigenvalue weighted by molar-refractivity contribution is 0.652. The predicted molar refractivity (Wildman–Crippen MR) is 113 cm³/mol. The van der Waals surface area contributed by atoms with E-state index in [1.165, 1.54) is 6.07 Å². The molecule has 2 aromatic carbocycles. The van der Waals surface area contributed by atoms with E-state index in [4.69, 9.17) is 15.4 Å². The number of nitrogens with zero attached hydrogens (tertiary/aromatic N) is 2. The second-order valence-electron chi connectivity index (χ2n) is 6.44. The molecule has 3 heterocycles. The quantitative estimate of drug-likeness (QED) is 0.376. The zero-order valence-corrected chi connectivity index (χ0v) is 14.7. The molecule has 3 heteroatoms. The molecule has 0 fully saturated rings. The zero-order chi connectivity index (χ0) is 25.9. The van der Waals surface area contributed by atoms with Crippen LogP contribution in [0.5, 0.6) is 0 Å². The number of rotatable bonds is 3. The molecule has 0 saturated carbocycles. The third-order valence-electron chi connectivity index (χ3n) is 4.59. The van der Waals surface area contributed by atoms with Crippen molar-refractivity contribution in [1.29, 1.82) is 0 Å². The Kier molecular flexibility index (Phi) is 2.40. The van der Waals surface area contributed by atoms with Crippen LogP contribution >= 0.6 is 0 Å². The summed E-state index contributed by atoms with van der Waals surface area (Å²) in [6.07, 6.45) is -0.769. The summed E-state index contributed by atoms with van der Waals surface area (Å²) in [7, 11) is 0. The maximum absolute atomic E-state index is 8.60. The molecule has 0 spiro atoms. The molecule has 0 unspecified atom stereocenters. The summed E-state index contributed by atoms with van der Waals surface area (Å²) in [5.41, 5.74) is 1.37. The van der Waals surface area contributed by atoms with Crippen molar-refractivity contribution in [2.24, 2.45) is 0 Å². The van der Waals surface area contributed by atoms with Gasteiger partial charge in [-0.1, -0.05) is 42.5 Å². The van der Waals surface area contributed by atoms with Gasteiger partial charge in [-0.3, -0.25) is 4.98 Å². The van der Waals surface area contributed by atoms with Crippen LogP contribution in [0.1, 0.15) is 33.4 Å². The van der Waals surface area contributed by atoms with Gasteiger partial charge >= 0.3 is 0 Å². The first kappa shape index (κ1) is 10.2. The van der Waals surface area contributed by atoms with Crippen LogP contribution in [0.25, 0.3) is 33.3 Å². The van der Waals surface area contributed by atoms with Gasteiger partial charge in [0.15, 0.2) is 0 Å². The first-order chi connectivity index (χ1) is 16.9. The Balaban J connectivity index is 1.68. The van der Waals surface area contributed by atoms with Crippen molar-refractivity contribution in [1.82, 2.24) is 9.97 Å². The second kappa shape index (κ2) is 6.61. The largest absolute Gasteiger partial charge is 0.437 e. The predicted octanol–water partition coefficient (Wildman–Crippen LogP) is 6.25. The summed E-state index contributed by atoms with van der Waals surface area (Å²) < 4.78 is 69.9. The van der Waals surface area contributed by atoms with Crippen LogP contribution in [-0.4, -0.2) is 9.97 Å². The van der Waals surface area contributed by atoms with Crippen LogP contribution in [0.4, 0.5) is 0 Å². The van der Waals surface area contributed by atoms with Gasteiger partial charge in [0, 0.05) is 45.6 Å². The van der Waals surface area contributed by atoms with Gasteiger partial charge in [-0.05, 0) is 54.7 Å². The normalized spacial score (nSPS) is 17.0. The van der Waals surface area contributed by atoms with E-state index < -0.39 is 20.1 Å². The molecule has 0 aliphatic carbocycles. The maximum Gasteiger partial charge on any atom is 0.227 e. The SMILES string of the molecule is [2H]C([2H])([2H])c1cnc(-c2cccc3c2oc2nc(C([2H])([2H])c4ccccc4)ccc23)cc1C([2H])([2H])[2H]. The number of hydrogen-bond acceptors (Lipinski definition) is 3. The Bertz CT molecular complexity index is 1590. The standard InChI is InChI=1S/C25H20N2O/c1-16-13-23(26-15-17(16)2)22-10-6-9-20-21-12-11-19(27-25(21)28-24(20)22)14-18-7-4-3-5-8-18/h3-13,15H,14H2,1-2H3/i1D3,2D3,14D2. The van der Waals surface area contributed by atoms with Crippen molar-refractivity contribution in [3.05, 3.63) is 95.3 Å². The molecule has 28 heavy (non-hydrogen) atoms. The number of aromatic nitrogens is 2. The van der Waals surface area contributed by atoms with Crippen LogP contribution in [0.3, 0.4) is 0 Å². The molecule has 0 radical (unpaired) electrons. The second-order valence-corrected chi connectivity index (χ2v) is 6.44. The third kappa shape index (κ3) is 2.85. The highest BCUT2D eigenvalue weighted by atomic mass is 16.3. The molecule has 3 nitrogen and oxygen atoms in total. The molecule has 0 atom stereocenters. The van der Waals surface area contributed by atoms with Gasteiger partial charge in [-0.2, -0.15) is 0 Å². The summed E-state index contributed by atoms with van der Waals surface area (Å²) in [4.78, 5) is 8.73. The van der Waals surface area contributed by atoms with Crippen LogP contribution in [0, 0.1) is 13.7 Å². The average Bonchev–Trinajstić information content (AvgIpc) is 3.21. The third-order valence-corrected chi connectivity index (χ3v) is 4.59. The van der Waals surface area contributed by atoms with E-state index in [2.05, 4.69) is 9.97 Å².